The summed E-state index contributed by atoms with van der Waals surface area (Å²) in [4.78, 5) is 0. The fourth-order valence-corrected chi connectivity index (χ4v) is 2.49. The Morgan fingerprint density at radius 3 is 2.73 bits per heavy atom. The lowest BCUT2D eigenvalue weighted by Gasteiger charge is -2.22. The van der Waals surface area contributed by atoms with E-state index in [-0.39, 0.29) is 0 Å². The molecule has 0 aromatic heterocycles. The lowest BCUT2D eigenvalue weighted by atomic mass is 9.93. The van der Waals surface area contributed by atoms with Gasteiger partial charge in [-0.25, -0.2) is 0 Å². The van der Waals surface area contributed by atoms with Gasteiger partial charge in [0.25, 0.3) is 0 Å². The third kappa shape index (κ3) is 4.83. The monoisotopic (exact) mass is 209 g/mol. The summed E-state index contributed by atoms with van der Waals surface area (Å²) in [5.74, 6) is 0. The van der Waals surface area contributed by atoms with E-state index in [1.54, 1.807) is 5.57 Å². The van der Waals surface area contributed by atoms with Gasteiger partial charge in [-0.1, -0.05) is 44.8 Å². The highest BCUT2D eigenvalue weighted by atomic mass is 14.9. The van der Waals surface area contributed by atoms with Gasteiger partial charge in [-0.05, 0) is 38.6 Å². The van der Waals surface area contributed by atoms with E-state index in [1.807, 2.05) is 0 Å². The molecule has 1 unspecified atom stereocenters. The Labute approximate surface area is 95.3 Å². The van der Waals surface area contributed by atoms with Crippen molar-refractivity contribution < 1.29 is 0 Å². The van der Waals surface area contributed by atoms with Crippen molar-refractivity contribution in [2.45, 2.75) is 71.3 Å². The summed E-state index contributed by atoms with van der Waals surface area (Å²) in [7, 11) is 0. The van der Waals surface area contributed by atoms with Crippen molar-refractivity contribution in [2.24, 2.45) is 0 Å². The zero-order valence-corrected chi connectivity index (χ0v) is 10.5. The van der Waals surface area contributed by atoms with Crippen LogP contribution in [0, 0.1) is 0 Å². The molecule has 1 rings (SSSR count). The van der Waals surface area contributed by atoms with E-state index in [1.165, 1.54) is 51.4 Å². The highest BCUT2D eigenvalue weighted by Crippen LogP contribution is 2.21. The van der Waals surface area contributed by atoms with Gasteiger partial charge in [0.15, 0.2) is 0 Å². The first-order valence-electron chi connectivity index (χ1n) is 6.80. The van der Waals surface area contributed by atoms with Crippen molar-refractivity contribution >= 4 is 0 Å². The number of hydrogen-bond donors (Lipinski definition) is 1. The molecular formula is C14H27N. The average molecular weight is 209 g/mol. The SMILES string of the molecule is CCCC(NCC)C1=CCCCCCC1. The summed E-state index contributed by atoms with van der Waals surface area (Å²) >= 11 is 0. The third-order valence-electron chi connectivity index (χ3n) is 3.30. The van der Waals surface area contributed by atoms with E-state index in [4.69, 9.17) is 0 Å². The molecule has 0 bridgehead atoms. The standard InChI is InChI=1S/C14H27N/c1-3-10-14(15-4-2)13-11-8-6-5-7-9-12-13/h11,14-15H,3-10,12H2,1-2H3. The predicted molar refractivity (Wildman–Crippen MR) is 68.2 cm³/mol. The van der Waals surface area contributed by atoms with Crippen LogP contribution in [0.4, 0.5) is 0 Å². The van der Waals surface area contributed by atoms with Crippen LogP contribution in [-0.4, -0.2) is 12.6 Å². The molecule has 0 heterocycles. The minimum atomic E-state index is 0.665. The first-order chi connectivity index (χ1) is 7.38. The molecule has 1 aliphatic carbocycles. The first kappa shape index (κ1) is 12.8. The van der Waals surface area contributed by atoms with Crippen molar-refractivity contribution in [3.8, 4) is 0 Å². The second kappa shape index (κ2) is 7.92. The molecule has 0 radical (unpaired) electrons. The van der Waals surface area contributed by atoms with E-state index >= 15 is 0 Å². The second-order valence-electron chi connectivity index (χ2n) is 4.63. The Balaban J connectivity index is 2.53. The summed E-state index contributed by atoms with van der Waals surface area (Å²) in [5.41, 5.74) is 1.69. The van der Waals surface area contributed by atoms with Crippen molar-refractivity contribution in [3.05, 3.63) is 11.6 Å². The molecule has 1 heteroatoms. The van der Waals surface area contributed by atoms with Crippen LogP contribution >= 0.6 is 0 Å². The molecule has 1 atom stereocenters. The number of hydrogen-bond acceptors (Lipinski definition) is 1. The molecule has 1 nitrogen and oxygen atoms in total. The predicted octanol–water partition coefficient (Wildman–Crippen LogP) is 4.05. The molecule has 0 aliphatic heterocycles. The molecule has 0 aromatic carbocycles. The van der Waals surface area contributed by atoms with E-state index in [2.05, 4.69) is 25.2 Å². The first-order valence-corrected chi connectivity index (χ1v) is 6.80. The zero-order chi connectivity index (χ0) is 10.9. The summed E-state index contributed by atoms with van der Waals surface area (Å²) in [6, 6.07) is 0.665. The minimum Gasteiger partial charge on any atom is -0.311 e. The molecule has 0 saturated heterocycles. The number of rotatable bonds is 5. The van der Waals surface area contributed by atoms with Gasteiger partial charge in [0.1, 0.15) is 0 Å². The van der Waals surface area contributed by atoms with Crippen LogP contribution in [0.5, 0.6) is 0 Å². The van der Waals surface area contributed by atoms with Gasteiger partial charge < -0.3 is 5.32 Å². The van der Waals surface area contributed by atoms with Gasteiger partial charge in [0, 0.05) is 6.04 Å². The Hall–Kier alpha value is -0.300. The van der Waals surface area contributed by atoms with Gasteiger partial charge >= 0.3 is 0 Å². The molecule has 0 fully saturated rings. The van der Waals surface area contributed by atoms with Crippen molar-refractivity contribution in [1.29, 1.82) is 0 Å². The summed E-state index contributed by atoms with van der Waals surface area (Å²) in [5, 5.41) is 3.63. The quantitative estimate of drug-likeness (QED) is 0.674. The van der Waals surface area contributed by atoms with Crippen LogP contribution in [0.1, 0.15) is 65.2 Å². The molecule has 88 valence electrons. The molecule has 0 spiro atoms. The van der Waals surface area contributed by atoms with E-state index in [9.17, 15) is 0 Å². The molecule has 0 saturated carbocycles. The summed E-state index contributed by atoms with van der Waals surface area (Å²) < 4.78 is 0. The normalized spacial score (nSPS) is 20.3. The molecule has 0 aromatic rings. The maximum Gasteiger partial charge on any atom is 0.0279 e. The number of allylic oxidation sites excluding steroid dienone is 1. The van der Waals surface area contributed by atoms with Crippen LogP contribution in [0.25, 0.3) is 0 Å². The smallest absolute Gasteiger partial charge is 0.0279 e. The minimum absolute atomic E-state index is 0.665. The van der Waals surface area contributed by atoms with Crippen molar-refractivity contribution in [2.75, 3.05) is 6.54 Å². The number of likely N-dealkylation sites (N-methyl/N-ethyl adjacent to an activating group) is 1. The van der Waals surface area contributed by atoms with E-state index < -0.39 is 0 Å². The highest BCUT2D eigenvalue weighted by Gasteiger charge is 2.12. The van der Waals surface area contributed by atoms with Crippen LogP contribution in [0.3, 0.4) is 0 Å². The Bertz CT molecular complexity index is 178. The Morgan fingerprint density at radius 1 is 1.20 bits per heavy atom. The molecule has 0 amide bonds. The van der Waals surface area contributed by atoms with Crippen molar-refractivity contribution in [1.82, 2.24) is 5.32 Å². The molecule has 1 aliphatic rings. The highest BCUT2D eigenvalue weighted by molar-refractivity contribution is 5.11. The van der Waals surface area contributed by atoms with Gasteiger partial charge in [0.05, 0.1) is 0 Å². The van der Waals surface area contributed by atoms with Gasteiger partial charge in [-0.2, -0.15) is 0 Å². The van der Waals surface area contributed by atoms with Gasteiger partial charge in [0.2, 0.25) is 0 Å². The lowest BCUT2D eigenvalue weighted by Crippen LogP contribution is -2.30. The van der Waals surface area contributed by atoms with Crippen molar-refractivity contribution in [3.63, 3.8) is 0 Å². The number of nitrogens with one attached hydrogen (secondary N) is 1. The second-order valence-corrected chi connectivity index (χ2v) is 4.63. The van der Waals surface area contributed by atoms with Crippen LogP contribution < -0.4 is 5.32 Å². The summed E-state index contributed by atoms with van der Waals surface area (Å²) in [6.45, 7) is 5.60. The Morgan fingerprint density at radius 2 is 2.00 bits per heavy atom. The van der Waals surface area contributed by atoms with E-state index in [0.717, 1.165) is 6.54 Å². The van der Waals surface area contributed by atoms with E-state index in [0.29, 0.717) is 6.04 Å². The van der Waals surface area contributed by atoms with Gasteiger partial charge in [-0.15, -0.1) is 0 Å². The topological polar surface area (TPSA) is 12.0 Å². The maximum absolute atomic E-state index is 3.63. The molecule has 15 heavy (non-hydrogen) atoms. The molecular weight excluding hydrogens is 182 g/mol. The van der Waals surface area contributed by atoms with Gasteiger partial charge in [-0.3, -0.25) is 0 Å². The average Bonchev–Trinajstić information content (AvgIpc) is 2.17. The fourth-order valence-electron chi connectivity index (χ4n) is 2.49. The largest absolute Gasteiger partial charge is 0.311 e. The third-order valence-corrected chi connectivity index (χ3v) is 3.30. The maximum atomic E-state index is 3.63. The lowest BCUT2D eigenvalue weighted by molar-refractivity contribution is 0.508. The molecule has 1 N–H and O–H groups in total. The zero-order valence-electron chi connectivity index (χ0n) is 10.5. The Kier molecular flexibility index (Phi) is 6.74. The fraction of sp³-hybridized carbons (Fsp3) is 0.857. The summed E-state index contributed by atoms with van der Waals surface area (Å²) in [6.07, 6.45) is 13.4. The van der Waals surface area contributed by atoms with Crippen LogP contribution in [-0.2, 0) is 0 Å². The van der Waals surface area contributed by atoms with Crippen LogP contribution in [0.15, 0.2) is 11.6 Å². The van der Waals surface area contributed by atoms with Crippen LogP contribution in [0.2, 0.25) is 0 Å².